The number of carbonyl (C=O) groups excluding carboxylic acids is 1. The maximum atomic E-state index is 11.0. The summed E-state index contributed by atoms with van der Waals surface area (Å²) in [6.45, 7) is 3.79. The quantitative estimate of drug-likeness (QED) is 0.656. The predicted molar refractivity (Wildman–Crippen MR) is 48.7 cm³/mol. The van der Waals surface area contributed by atoms with Crippen LogP contribution in [-0.2, 0) is 5.41 Å². The fourth-order valence-corrected chi connectivity index (χ4v) is 2.13. The minimum absolute atomic E-state index is 0.128. The summed E-state index contributed by atoms with van der Waals surface area (Å²) < 4.78 is 0. The van der Waals surface area contributed by atoms with Crippen molar-refractivity contribution < 1.29 is 4.79 Å². The molecule has 0 N–H and O–H groups in total. The van der Waals surface area contributed by atoms with Gasteiger partial charge in [0.15, 0.2) is 5.78 Å². The van der Waals surface area contributed by atoms with E-state index in [1.54, 1.807) is 24.5 Å². The number of hydrogen-bond donors (Lipinski definition) is 0. The summed E-state index contributed by atoms with van der Waals surface area (Å²) in [5, 5.41) is 1.13. The van der Waals surface area contributed by atoms with Crippen LogP contribution in [0.3, 0.4) is 0 Å². The molecule has 0 bridgehead atoms. The third kappa shape index (κ3) is 1.18. The molecular formula is C9H11NOS. The van der Waals surface area contributed by atoms with Gasteiger partial charge in [-0.05, 0) is 12.8 Å². The highest BCUT2D eigenvalue weighted by atomic mass is 32.1. The number of hydrogen-bond acceptors (Lipinski definition) is 3. The maximum Gasteiger partial charge on any atom is 0.171 e. The van der Waals surface area contributed by atoms with Crippen molar-refractivity contribution in [2.75, 3.05) is 0 Å². The third-order valence-electron chi connectivity index (χ3n) is 2.37. The highest BCUT2D eigenvalue weighted by Crippen LogP contribution is 2.48. The van der Waals surface area contributed by atoms with E-state index in [0.29, 0.717) is 5.41 Å². The summed E-state index contributed by atoms with van der Waals surface area (Å²) in [7, 11) is 0. The van der Waals surface area contributed by atoms with Crippen LogP contribution in [-0.4, -0.2) is 10.8 Å². The Morgan fingerprint density at radius 3 is 2.75 bits per heavy atom. The molecule has 0 unspecified atom stereocenters. The van der Waals surface area contributed by atoms with Gasteiger partial charge < -0.3 is 0 Å². The van der Waals surface area contributed by atoms with E-state index in [1.807, 2.05) is 0 Å². The van der Waals surface area contributed by atoms with Crippen LogP contribution in [0.4, 0.5) is 0 Å². The standard InChI is InChI=1S/C9H11NOS/c1-6(11)7-5-10-8(12-7)9(2)3-4-9/h5H,3-4H2,1-2H3. The average molecular weight is 181 g/mol. The van der Waals surface area contributed by atoms with E-state index < -0.39 is 0 Å². The molecule has 64 valence electrons. The number of ketones is 1. The van der Waals surface area contributed by atoms with Crippen LogP contribution >= 0.6 is 11.3 Å². The highest BCUT2D eigenvalue weighted by Gasteiger charge is 2.41. The van der Waals surface area contributed by atoms with Gasteiger partial charge in [-0.25, -0.2) is 4.98 Å². The molecule has 0 spiro atoms. The molecule has 2 rings (SSSR count). The molecule has 1 saturated carbocycles. The largest absolute Gasteiger partial charge is 0.294 e. The Balaban J connectivity index is 2.30. The number of rotatable bonds is 2. The van der Waals surface area contributed by atoms with Crippen LogP contribution in [0.15, 0.2) is 6.20 Å². The first-order chi connectivity index (χ1) is 5.62. The first kappa shape index (κ1) is 7.92. The SMILES string of the molecule is CC(=O)c1cnc(C2(C)CC2)s1. The molecule has 1 aliphatic carbocycles. The van der Waals surface area contributed by atoms with E-state index in [1.165, 1.54) is 12.8 Å². The number of aromatic nitrogens is 1. The maximum absolute atomic E-state index is 11.0. The Hall–Kier alpha value is -0.700. The molecule has 0 aromatic carbocycles. The van der Waals surface area contributed by atoms with Crippen LogP contribution in [0.5, 0.6) is 0 Å². The Kier molecular flexibility index (Phi) is 1.58. The van der Waals surface area contributed by atoms with Gasteiger partial charge in [-0.15, -0.1) is 11.3 Å². The Morgan fingerprint density at radius 2 is 2.33 bits per heavy atom. The molecule has 1 aromatic heterocycles. The van der Waals surface area contributed by atoms with E-state index in [-0.39, 0.29) is 5.78 Å². The van der Waals surface area contributed by atoms with E-state index in [4.69, 9.17) is 0 Å². The van der Waals surface area contributed by atoms with Crippen molar-refractivity contribution in [3.05, 3.63) is 16.1 Å². The second-order valence-corrected chi connectivity index (χ2v) is 4.68. The molecule has 1 fully saturated rings. The monoisotopic (exact) mass is 181 g/mol. The smallest absolute Gasteiger partial charge is 0.171 e. The Labute approximate surface area is 75.6 Å². The van der Waals surface area contributed by atoms with Crippen molar-refractivity contribution >= 4 is 17.1 Å². The fraction of sp³-hybridized carbons (Fsp3) is 0.556. The summed E-state index contributed by atoms with van der Waals surface area (Å²) in [6, 6.07) is 0. The van der Waals surface area contributed by atoms with Gasteiger partial charge in [0.05, 0.1) is 9.88 Å². The van der Waals surface area contributed by atoms with Crippen LogP contribution in [0, 0.1) is 0 Å². The average Bonchev–Trinajstić information content (AvgIpc) is 2.61. The highest BCUT2D eigenvalue weighted by molar-refractivity contribution is 7.13. The summed E-state index contributed by atoms with van der Waals surface area (Å²) in [5.41, 5.74) is 0.304. The molecule has 0 radical (unpaired) electrons. The van der Waals surface area contributed by atoms with Crippen LogP contribution in [0.2, 0.25) is 0 Å². The topological polar surface area (TPSA) is 30.0 Å². The molecule has 12 heavy (non-hydrogen) atoms. The van der Waals surface area contributed by atoms with E-state index in [0.717, 1.165) is 9.88 Å². The first-order valence-corrected chi connectivity index (χ1v) is 4.91. The van der Waals surface area contributed by atoms with Gasteiger partial charge in [-0.3, -0.25) is 4.79 Å². The minimum Gasteiger partial charge on any atom is -0.294 e. The molecule has 3 heteroatoms. The molecule has 0 aliphatic heterocycles. The van der Waals surface area contributed by atoms with Gasteiger partial charge >= 0.3 is 0 Å². The van der Waals surface area contributed by atoms with E-state index in [9.17, 15) is 4.79 Å². The lowest BCUT2D eigenvalue weighted by Crippen LogP contribution is -1.96. The van der Waals surface area contributed by atoms with E-state index >= 15 is 0 Å². The van der Waals surface area contributed by atoms with Gasteiger partial charge in [0.2, 0.25) is 0 Å². The predicted octanol–water partition coefficient (Wildman–Crippen LogP) is 2.40. The molecule has 0 saturated heterocycles. The molecule has 2 nitrogen and oxygen atoms in total. The second-order valence-electron chi connectivity index (χ2n) is 3.65. The van der Waals surface area contributed by atoms with Gasteiger partial charge in [0, 0.05) is 18.5 Å². The molecular weight excluding hydrogens is 170 g/mol. The van der Waals surface area contributed by atoms with E-state index in [2.05, 4.69) is 11.9 Å². The van der Waals surface area contributed by atoms with Crippen LogP contribution < -0.4 is 0 Å². The molecule has 1 heterocycles. The van der Waals surface area contributed by atoms with Crippen molar-refractivity contribution in [1.29, 1.82) is 0 Å². The summed E-state index contributed by atoms with van der Waals surface area (Å²) in [5.74, 6) is 0.128. The van der Waals surface area contributed by atoms with Crippen molar-refractivity contribution in [2.24, 2.45) is 0 Å². The molecule has 1 aliphatic rings. The summed E-state index contributed by atoms with van der Waals surface area (Å²) >= 11 is 1.55. The molecule has 1 aromatic rings. The Morgan fingerprint density at radius 1 is 1.67 bits per heavy atom. The van der Waals surface area contributed by atoms with Crippen molar-refractivity contribution in [3.8, 4) is 0 Å². The van der Waals surface area contributed by atoms with Gasteiger partial charge in [-0.2, -0.15) is 0 Å². The second kappa shape index (κ2) is 2.39. The van der Waals surface area contributed by atoms with Crippen molar-refractivity contribution in [2.45, 2.75) is 32.1 Å². The lowest BCUT2D eigenvalue weighted by atomic mass is 10.2. The molecule has 0 amide bonds. The number of Topliss-reactive ketones (excluding diaryl/α,β-unsaturated/α-hetero) is 1. The van der Waals surface area contributed by atoms with Gasteiger partial charge in [0.1, 0.15) is 0 Å². The van der Waals surface area contributed by atoms with Crippen LogP contribution in [0.25, 0.3) is 0 Å². The zero-order valence-corrected chi connectivity index (χ0v) is 8.07. The molecule has 0 atom stereocenters. The summed E-state index contributed by atoms with van der Waals surface area (Å²) in [4.78, 5) is 16.0. The number of thiazole rings is 1. The summed E-state index contributed by atoms with van der Waals surface area (Å²) in [6.07, 6.45) is 4.14. The lowest BCUT2D eigenvalue weighted by Gasteiger charge is -1.99. The minimum atomic E-state index is 0.128. The fourth-order valence-electron chi connectivity index (χ4n) is 1.12. The third-order valence-corrected chi connectivity index (χ3v) is 3.77. The lowest BCUT2D eigenvalue weighted by molar-refractivity contribution is 0.102. The van der Waals surface area contributed by atoms with Crippen molar-refractivity contribution in [1.82, 2.24) is 4.98 Å². The van der Waals surface area contributed by atoms with Gasteiger partial charge in [0.25, 0.3) is 0 Å². The number of nitrogens with zero attached hydrogens (tertiary/aromatic N) is 1. The first-order valence-electron chi connectivity index (χ1n) is 4.09. The number of carbonyl (C=O) groups is 1. The normalized spacial score (nSPS) is 19.2. The zero-order chi connectivity index (χ0) is 8.77. The Bertz CT molecular complexity index is 325. The van der Waals surface area contributed by atoms with Gasteiger partial charge in [-0.1, -0.05) is 6.92 Å². The zero-order valence-electron chi connectivity index (χ0n) is 7.26. The van der Waals surface area contributed by atoms with Crippen LogP contribution in [0.1, 0.15) is 41.4 Å². The van der Waals surface area contributed by atoms with Crippen molar-refractivity contribution in [3.63, 3.8) is 0 Å².